The van der Waals surface area contributed by atoms with Gasteiger partial charge >= 0.3 is 5.97 Å². The van der Waals surface area contributed by atoms with Crippen LogP contribution in [-0.4, -0.2) is 54.7 Å². The molecule has 0 bridgehead atoms. The number of aromatic carboxylic acids is 1. The number of piperidine rings is 1. The summed E-state index contributed by atoms with van der Waals surface area (Å²) < 4.78 is 0. The maximum Gasteiger partial charge on any atom is 0.354 e. The summed E-state index contributed by atoms with van der Waals surface area (Å²) >= 11 is 0. The lowest BCUT2D eigenvalue weighted by Gasteiger charge is -2.32. The summed E-state index contributed by atoms with van der Waals surface area (Å²) in [6.45, 7) is 3.32. The fourth-order valence-electron chi connectivity index (χ4n) is 2.48. The highest BCUT2D eigenvalue weighted by Crippen LogP contribution is 2.20. The van der Waals surface area contributed by atoms with Crippen LogP contribution in [0.5, 0.6) is 0 Å². The van der Waals surface area contributed by atoms with Crippen molar-refractivity contribution in [3.05, 3.63) is 24.0 Å². The van der Waals surface area contributed by atoms with Crippen LogP contribution >= 0.6 is 0 Å². The van der Waals surface area contributed by atoms with E-state index in [-0.39, 0.29) is 5.69 Å². The summed E-state index contributed by atoms with van der Waals surface area (Å²) in [5.74, 6) is -0.273. The Kier molecular flexibility index (Phi) is 4.37. The molecule has 2 rings (SSSR count). The second-order valence-corrected chi connectivity index (χ2v) is 5.33. The van der Waals surface area contributed by atoms with Gasteiger partial charge in [0, 0.05) is 13.6 Å². The number of carboxylic acid groups (broad SMARTS) is 1. The molecule has 5 nitrogen and oxygen atoms in total. The van der Waals surface area contributed by atoms with Gasteiger partial charge < -0.3 is 14.9 Å². The molecule has 5 heteroatoms. The number of anilines is 1. The molecular weight excluding hydrogens is 242 g/mol. The Hall–Kier alpha value is -1.62. The minimum absolute atomic E-state index is 0.0939. The predicted molar refractivity (Wildman–Crippen MR) is 74.7 cm³/mol. The van der Waals surface area contributed by atoms with E-state index in [0.29, 0.717) is 5.92 Å². The van der Waals surface area contributed by atoms with Gasteiger partial charge in [-0.05, 0) is 51.0 Å². The van der Waals surface area contributed by atoms with Crippen LogP contribution in [0, 0.1) is 5.92 Å². The minimum atomic E-state index is -0.982. The van der Waals surface area contributed by atoms with Crippen LogP contribution in [0.25, 0.3) is 0 Å². The molecule has 0 saturated carbocycles. The monoisotopic (exact) mass is 263 g/mol. The lowest BCUT2D eigenvalue weighted by Crippen LogP contribution is -2.35. The third-order valence-electron chi connectivity index (χ3n) is 3.78. The summed E-state index contributed by atoms with van der Waals surface area (Å²) in [5.41, 5.74) is 1.07. The molecule has 1 aliphatic heterocycles. The molecule has 104 valence electrons. The molecule has 2 heterocycles. The van der Waals surface area contributed by atoms with Gasteiger partial charge in [-0.3, -0.25) is 0 Å². The van der Waals surface area contributed by atoms with Crippen molar-refractivity contribution in [2.45, 2.75) is 12.8 Å². The first-order valence-corrected chi connectivity index (χ1v) is 6.65. The zero-order valence-corrected chi connectivity index (χ0v) is 11.5. The molecular formula is C14H21N3O2. The zero-order valence-electron chi connectivity index (χ0n) is 11.5. The van der Waals surface area contributed by atoms with E-state index in [1.807, 2.05) is 13.1 Å². The number of carboxylic acids is 1. The van der Waals surface area contributed by atoms with E-state index >= 15 is 0 Å². The number of likely N-dealkylation sites (tertiary alicyclic amines) is 1. The molecule has 1 aliphatic rings. The third-order valence-corrected chi connectivity index (χ3v) is 3.78. The van der Waals surface area contributed by atoms with E-state index in [1.54, 1.807) is 12.3 Å². The minimum Gasteiger partial charge on any atom is -0.477 e. The molecule has 1 N–H and O–H groups in total. The summed E-state index contributed by atoms with van der Waals surface area (Å²) in [5, 5.41) is 8.82. The first-order valence-electron chi connectivity index (χ1n) is 6.65. The summed E-state index contributed by atoms with van der Waals surface area (Å²) in [7, 11) is 4.20. The molecule has 1 saturated heterocycles. The summed E-state index contributed by atoms with van der Waals surface area (Å²) in [6, 6.07) is 3.38. The highest BCUT2D eigenvalue weighted by Gasteiger charge is 2.18. The van der Waals surface area contributed by atoms with Crippen LogP contribution in [0.3, 0.4) is 0 Å². The Morgan fingerprint density at radius 1 is 1.47 bits per heavy atom. The fourth-order valence-corrected chi connectivity index (χ4v) is 2.48. The van der Waals surface area contributed by atoms with Gasteiger partial charge in [-0.15, -0.1) is 0 Å². The van der Waals surface area contributed by atoms with Crippen LogP contribution < -0.4 is 4.90 Å². The van der Waals surface area contributed by atoms with E-state index in [0.717, 1.165) is 25.3 Å². The van der Waals surface area contributed by atoms with Crippen molar-refractivity contribution < 1.29 is 9.90 Å². The highest BCUT2D eigenvalue weighted by atomic mass is 16.4. The molecule has 1 aromatic heterocycles. The van der Waals surface area contributed by atoms with Crippen LogP contribution in [-0.2, 0) is 0 Å². The third kappa shape index (κ3) is 3.67. The Labute approximate surface area is 113 Å². The Bertz CT molecular complexity index is 425. The van der Waals surface area contributed by atoms with E-state index < -0.39 is 5.97 Å². The molecule has 0 atom stereocenters. The maximum atomic E-state index is 10.7. The average Bonchev–Trinajstić information content (AvgIpc) is 2.41. The average molecular weight is 263 g/mol. The molecule has 1 aromatic rings. The topological polar surface area (TPSA) is 56.7 Å². The largest absolute Gasteiger partial charge is 0.477 e. The van der Waals surface area contributed by atoms with E-state index in [2.05, 4.69) is 21.8 Å². The standard InChI is InChI=1S/C14H21N3O2/c1-16-7-5-11(6-8-16)10-17(2)12-3-4-13(14(18)19)15-9-12/h3-4,9,11H,5-8,10H2,1-2H3,(H,18,19). The number of rotatable bonds is 4. The van der Waals surface area contributed by atoms with Gasteiger partial charge in [0.15, 0.2) is 0 Å². The second-order valence-electron chi connectivity index (χ2n) is 5.33. The molecule has 1 fully saturated rings. The van der Waals surface area contributed by atoms with Gasteiger partial charge in [-0.2, -0.15) is 0 Å². The number of hydrogen-bond donors (Lipinski definition) is 1. The zero-order chi connectivity index (χ0) is 13.8. The van der Waals surface area contributed by atoms with E-state index in [1.165, 1.54) is 12.8 Å². The number of pyridine rings is 1. The quantitative estimate of drug-likeness (QED) is 0.893. The first kappa shape index (κ1) is 13.8. The van der Waals surface area contributed by atoms with Gasteiger partial charge in [-0.25, -0.2) is 9.78 Å². The summed E-state index contributed by atoms with van der Waals surface area (Å²) in [6.07, 6.45) is 4.08. The van der Waals surface area contributed by atoms with Gasteiger partial charge in [0.05, 0.1) is 11.9 Å². The van der Waals surface area contributed by atoms with Crippen LogP contribution in [0.2, 0.25) is 0 Å². The molecule has 0 aromatic carbocycles. The van der Waals surface area contributed by atoms with Crippen molar-refractivity contribution in [3.63, 3.8) is 0 Å². The smallest absolute Gasteiger partial charge is 0.354 e. The van der Waals surface area contributed by atoms with Crippen molar-refractivity contribution in [2.75, 3.05) is 38.6 Å². The SMILES string of the molecule is CN1CCC(CN(C)c2ccc(C(=O)O)nc2)CC1. The fraction of sp³-hybridized carbons (Fsp3) is 0.571. The van der Waals surface area contributed by atoms with Crippen molar-refractivity contribution in [1.82, 2.24) is 9.88 Å². The molecule has 0 spiro atoms. The van der Waals surface area contributed by atoms with Crippen molar-refractivity contribution in [2.24, 2.45) is 5.92 Å². The van der Waals surface area contributed by atoms with Crippen molar-refractivity contribution in [1.29, 1.82) is 0 Å². The lowest BCUT2D eigenvalue weighted by atomic mass is 9.96. The molecule has 0 aliphatic carbocycles. The van der Waals surface area contributed by atoms with Gasteiger partial charge in [0.2, 0.25) is 0 Å². The van der Waals surface area contributed by atoms with Gasteiger partial charge in [-0.1, -0.05) is 0 Å². The Morgan fingerprint density at radius 2 is 2.16 bits per heavy atom. The number of nitrogens with zero attached hydrogens (tertiary/aromatic N) is 3. The van der Waals surface area contributed by atoms with Gasteiger partial charge in [0.25, 0.3) is 0 Å². The first-order chi connectivity index (χ1) is 9.06. The molecule has 0 unspecified atom stereocenters. The van der Waals surface area contributed by atoms with Crippen LogP contribution in [0.1, 0.15) is 23.3 Å². The number of aromatic nitrogens is 1. The number of carbonyl (C=O) groups is 1. The predicted octanol–water partition coefficient (Wildman–Crippen LogP) is 1.56. The molecule has 19 heavy (non-hydrogen) atoms. The van der Waals surface area contributed by atoms with E-state index in [4.69, 9.17) is 5.11 Å². The second kappa shape index (κ2) is 6.02. The van der Waals surface area contributed by atoms with Gasteiger partial charge in [0.1, 0.15) is 5.69 Å². The van der Waals surface area contributed by atoms with E-state index in [9.17, 15) is 4.79 Å². The maximum absolute atomic E-state index is 10.7. The van der Waals surface area contributed by atoms with Crippen molar-refractivity contribution >= 4 is 11.7 Å². The summed E-state index contributed by atoms with van der Waals surface area (Å²) in [4.78, 5) is 19.2. The lowest BCUT2D eigenvalue weighted by molar-refractivity contribution is 0.0690. The Balaban J connectivity index is 1.92. The molecule has 0 amide bonds. The van der Waals surface area contributed by atoms with Crippen LogP contribution in [0.4, 0.5) is 5.69 Å². The normalized spacial score (nSPS) is 17.4. The van der Waals surface area contributed by atoms with Crippen LogP contribution in [0.15, 0.2) is 18.3 Å². The highest BCUT2D eigenvalue weighted by molar-refractivity contribution is 5.85. The molecule has 0 radical (unpaired) electrons. The Morgan fingerprint density at radius 3 is 2.68 bits per heavy atom. The number of hydrogen-bond acceptors (Lipinski definition) is 4. The van der Waals surface area contributed by atoms with Crippen molar-refractivity contribution in [3.8, 4) is 0 Å².